The Hall–Kier alpha value is -3.38. The minimum absolute atomic E-state index is 0.0646. The van der Waals surface area contributed by atoms with E-state index < -0.39 is 0 Å². The van der Waals surface area contributed by atoms with Crippen LogP contribution in [0.4, 0.5) is 0 Å². The Balaban J connectivity index is 1.39. The number of aromatic amines is 1. The molecule has 4 heterocycles. The van der Waals surface area contributed by atoms with E-state index >= 15 is 0 Å². The smallest absolute Gasteiger partial charge is 0.255 e. The molecule has 6 nitrogen and oxygen atoms in total. The molecular formula is C22H19N5O. The van der Waals surface area contributed by atoms with E-state index in [1.54, 1.807) is 12.4 Å². The second-order valence-corrected chi connectivity index (χ2v) is 7.08. The molecule has 4 aromatic rings. The Kier molecular flexibility index (Phi) is 4.18. The highest BCUT2D eigenvalue weighted by atomic mass is 16.1. The number of nitrogens with zero attached hydrogens (tertiary/aromatic N) is 4. The lowest BCUT2D eigenvalue weighted by atomic mass is 10.1. The molecule has 0 aliphatic carbocycles. The van der Waals surface area contributed by atoms with Gasteiger partial charge in [0, 0.05) is 55.6 Å². The summed E-state index contributed by atoms with van der Waals surface area (Å²) in [5, 5.41) is 1.14. The molecule has 0 radical (unpaired) electrons. The van der Waals surface area contributed by atoms with Crippen LogP contribution in [0.3, 0.4) is 0 Å². The lowest BCUT2D eigenvalue weighted by molar-refractivity contribution is 0.241. The maximum atomic E-state index is 12.7. The summed E-state index contributed by atoms with van der Waals surface area (Å²) in [6, 6.07) is 14.0. The van der Waals surface area contributed by atoms with Gasteiger partial charge < -0.3 is 4.98 Å². The molecule has 1 N–H and O–H groups in total. The molecule has 28 heavy (non-hydrogen) atoms. The van der Waals surface area contributed by atoms with E-state index in [1.165, 1.54) is 0 Å². The fourth-order valence-corrected chi connectivity index (χ4v) is 3.72. The molecule has 1 aromatic carbocycles. The van der Waals surface area contributed by atoms with Crippen LogP contribution in [0.2, 0.25) is 0 Å². The number of nitrogens with one attached hydrogen (secondary N) is 1. The van der Waals surface area contributed by atoms with Crippen molar-refractivity contribution in [2.24, 2.45) is 0 Å². The van der Waals surface area contributed by atoms with Gasteiger partial charge >= 0.3 is 0 Å². The van der Waals surface area contributed by atoms with E-state index in [1.807, 2.05) is 36.5 Å². The molecule has 0 unspecified atom stereocenters. The molecule has 0 atom stereocenters. The van der Waals surface area contributed by atoms with Crippen molar-refractivity contribution in [3.8, 4) is 11.4 Å². The van der Waals surface area contributed by atoms with Crippen molar-refractivity contribution >= 4 is 10.9 Å². The molecule has 0 saturated heterocycles. The normalized spacial score (nSPS) is 14.1. The van der Waals surface area contributed by atoms with E-state index in [-0.39, 0.29) is 5.56 Å². The number of aromatic nitrogens is 4. The van der Waals surface area contributed by atoms with Crippen LogP contribution in [0, 0.1) is 0 Å². The number of rotatable bonds is 3. The van der Waals surface area contributed by atoms with Crippen LogP contribution < -0.4 is 5.56 Å². The average molecular weight is 369 g/mol. The highest BCUT2D eigenvalue weighted by Gasteiger charge is 2.21. The molecular weight excluding hydrogens is 350 g/mol. The number of fused-ring (bicyclic) bond motifs is 2. The van der Waals surface area contributed by atoms with Crippen LogP contribution in [0.25, 0.3) is 22.3 Å². The molecule has 0 spiro atoms. The minimum Gasteiger partial charge on any atom is -0.306 e. The van der Waals surface area contributed by atoms with Crippen LogP contribution in [0.15, 0.2) is 65.8 Å². The maximum Gasteiger partial charge on any atom is 0.255 e. The highest BCUT2D eigenvalue weighted by molar-refractivity contribution is 5.78. The first kappa shape index (κ1) is 16.8. The molecule has 138 valence electrons. The minimum atomic E-state index is -0.0646. The Morgan fingerprint density at radius 1 is 1.11 bits per heavy atom. The van der Waals surface area contributed by atoms with Crippen molar-refractivity contribution in [1.82, 2.24) is 24.8 Å². The van der Waals surface area contributed by atoms with Gasteiger partial charge in [-0.25, -0.2) is 4.98 Å². The van der Waals surface area contributed by atoms with Gasteiger partial charge in [-0.05, 0) is 29.8 Å². The quantitative estimate of drug-likeness (QED) is 0.601. The zero-order valence-corrected chi connectivity index (χ0v) is 15.3. The zero-order chi connectivity index (χ0) is 18.9. The molecule has 6 heteroatoms. The van der Waals surface area contributed by atoms with Gasteiger partial charge in [-0.2, -0.15) is 0 Å². The Morgan fingerprint density at radius 2 is 2.04 bits per heavy atom. The predicted molar refractivity (Wildman–Crippen MR) is 108 cm³/mol. The molecule has 0 amide bonds. The van der Waals surface area contributed by atoms with Crippen molar-refractivity contribution in [2.45, 2.75) is 19.5 Å². The SMILES string of the molecule is O=c1[nH]c(-c2cccnc2)nc2c1CN(Cc1cnc3ccccc3c1)CC2. The summed E-state index contributed by atoms with van der Waals surface area (Å²) in [5.41, 5.74) is 4.55. The van der Waals surface area contributed by atoms with Crippen molar-refractivity contribution in [1.29, 1.82) is 0 Å². The van der Waals surface area contributed by atoms with E-state index in [9.17, 15) is 4.79 Å². The summed E-state index contributed by atoms with van der Waals surface area (Å²) in [5.74, 6) is 0.587. The summed E-state index contributed by atoms with van der Waals surface area (Å²) in [7, 11) is 0. The van der Waals surface area contributed by atoms with Crippen molar-refractivity contribution < 1.29 is 0 Å². The highest BCUT2D eigenvalue weighted by Crippen LogP contribution is 2.20. The van der Waals surface area contributed by atoms with Gasteiger partial charge in [-0.3, -0.25) is 19.7 Å². The van der Waals surface area contributed by atoms with Gasteiger partial charge in [-0.1, -0.05) is 18.2 Å². The first-order valence-electron chi connectivity index (χ1n) is 9.35. The second kappa shape index (κ2) is 6.98. The van der Waals surface area contributed by atoms with Crippen molar-refractivity contribution in [2.75, 3.05) is 6.54 Å². The number of H-pyrrole nitrogens is 1. The van der Waals surface area contributed by atoms with Gasteiger partial charge in [0.05, 0.1) is 16.8 Å². The summed E-state index contributed by atoms with van der Waals surface area (Å²) < 4.78 is 0. The summed E-state index contributed by atoms with van der Waals surface area (Å²) in [6.07, 6.45) is 6.10. The summed E-state index contributed by atoms with van der Waals surface area (Å²) in [4.78, 5) is 31.2. The van der Waals surface area contributed by atoms with Gasteiger partial charge in [0.25, 0.3) is 5.56 Å². The predicted octanol–water partition coefficient (Wildman–Crippen LogP) is 2.94. The fraction of sp³-hybridized carbons (Fsp3) is 0.182. The first-order chi connectivity index (χ1) is 13.8. The third-order valence-electron chi connectivity index (χ3n) is 5.14. The Morgan fingerprint density at radius 3 is 2.93 bits per heavy atom. The molecule has 1 aliphatic rings. The van der Waals surface area contributed by atoms with Crippen LogP contribution in [0.1, 0.15) is 16.8 Å². The molecule has 0 bridgehead atoms. The molecule has 1 aliphatic heterocycles. The van der Waals surface area contributed by atoms with Crippen LogP contribution in [-0.4, -0.2) is 31.4 Å². The monoisotopic (exact) mass is 369 g/mol. The van der Waals surface area contributed by atoms with Crippen molar-refractivity contribution in [3.63, 3.8) is 0 Å². The van der Waals surface area contributed by atoms with E-state index in [0.717, 1.165) is 52.8 Å². The van der Waals surface area contributed by atoms with E-state index in [2.05, 4.69) is 32.0 Å². The maximum absolute atomic E-state index is 12.7. The lowest BCUT2D eigenvalue weighted by Gasteiger charge is -2.27. The van der Waals surface area contributed by atoms with Crippen LogP contribution in [0.5, 0.6) is 0 Å². The topological polar surface area (TPSA) is 74.8 Å². The number of hydrogen-bond donors (Lipinski definition) is 1. The summed E-state index contributed by atoms with van der Waals surface area (Å²) in [6.45, 7) is 2.22. The van der Waals surface area contributed by atoms with E-state index in [4.69, 9.17) is 4.98 Å². The molecule has 3 aromatic heterocycles. The fourth-order valence-electron chi connectivity index (χ4n) is 3.72. The molecule has 0 saturated carbocycles. The van der Waals surface area contributed by atoms with Gasteiger partial charge in [0.2, 0.25) is 0 Å². The molecule has 5 rings (SSSR count). The Labute approximate surface area is 161 Å². The van der Waals surface area contributed by atoms with Gasteiger partial charge in [0.1, 0.15) is 5.82 Å². The van der Waals surface area contributed by atoms with Crippen molar-refractivity contribution in [3.05, 3.63) is 88.2 Å². The first-order valence-corrected chi connectivity index (χ1v) is 9.35. The van der Waals surface area contributed by atoms with Crippen LogP contribution in [-0.2, 0) is 19.5 Å². The second-order valence-electron chi connectivity index (χ2n) is 7.08. The third-order valence-corrected chi connectivity index (χ3v) is 5.14. The van der Waals surface area contributed by atoms with Gasteiger partial charge in [-0.15, -0.1) is 0 Å². The Bertz CT molecular complexity index is 1200. The standard InChI is InChI=1S/C22H19N5O/c28-22-18-14-27(13-15-10-16-4-1-2-6-19(16)24-11-15)9-7-20(18)25-21(26-22)17-5-3-8-23-12-17/h1-6,8,10-12H,7,9,13-14H2,(H,25,26,28). The van der Waals surface area contributed by atoms with Crippen LogP contribution >= 0.6 is 0 Å². The number of para-hydroxylation sites is 1. The summed E-state index contributed by atoms with van der Waals surface area (Å²) >= 11 is 0. The largest absolute Gasteiger partial charge is 0.306 e. The zero-order valence-electron chi connectivity index (χ0n) is 15.3. The third kappa shape index (κ3) is 3.18. The molecule has 0 fully saturated rings. The van der Waals surface area contributed by atoms with Gasteiger partial charge in [0.15, 0.2) is 0 Å². The lowest BCUT2D eigenvalue weighted by Crippen LogP contribution is -2.35. The average Bonchev–Trinajstić information content (AvgIpc) is 2.74. The van der Waals surface area contributed by atoms with E-state index in [0.29, 0.717) is 12.4 Å². The number of hydrogen-bond acceptors (Lipinski definition) is 5. The number of pyridine rings is 2. The number of benzene rings is 1.